The summed E-state index contributed by atoms with van der Waals surface area (Å²) < 4.78 is 44.3. The van der Waals surface area contributed by atoms with Gasteiger partial charge in [-0.05, 0) is 48.9 Å². The zero-order valence-corrected chi connectivity index (χ0v) is 25.3. The van der Waals surface area contributed by atoms with E-state index >= 15 is 0 Å². The molecule has 0 saturated heterocycles. The number of likely N-dealkylation sites (N-methyl/N-ethyl adjacent to an activating group) is 1. The Morgan fingerprint density at radius 3 is 2.43 bits per heavy atom. The van der Waals surface area contributed by atoms with Crippen LogP contribution in [-0.2, 0) is 22.6 Å². The van der Waals surface area contributed by atoms with Crippen molar-refractivity contribution < 1.29 is 32.6 Å². The van der Waals surface area contributed by atoms with Gasteiger partial charge in [-0.1, -0.05) is 61.5 Å². The number of halogens is 3. The summed E-state index contributed by atoms with van der Waals surface area (Å²) in [5, 5.41) is 12.4. The highest BCUT2D eigenvalue weighted by Gasteiger charge is 2.31. The summed E-state index contributed by atoms with van der Waals surface area (Å²) in [6.45, 7) is 5.18. The molecule has 0 bridgehead atoms. The number of fused-ring (bicyclic) bond motifs is 1. The number of hydrogen-bond donors (Lipinski definition) is 2. The minimum Gasteiger partial charge on any atom is -0.488 e. The number of carbonyl (C=O) groups is 2. The molecule has 2 amide bonds. The highest BCUT2D eigenvalue weighted by atomic mass is 19.4. The molecule has 0 aromatic heterocycles. The average Bonchev–Trinajstić information content (AvgIpc) is 3.03. The zero-order chi connectivity index (χ0) is 31.9. The Balaban J connectivity index is 1.52. The molecule has 3 aromatic carbocycles. The Morgan fingerprint density at radius 1 is 1.09 bits per heavy atom. The van der Waals surface area contributed by atoms with Gasteiger partial charge in [0.05, 0.1) is 25.5 Å². The van der Waals surface area contributed by atoms with E-state index in [1.807, 2.05) is 32.2 Å². The van der Waals surface area contributed by atoms with Gasteiger partial charge in [0.25, 0.3) is 0 Å². The third-order valence-electron chi connectivity index (χ3n) is 7.84. The lowest BCUT2D eigenvalue weighted by Gasteiger charge is -2.34. The van der Waals surface area contributed by atoms with Gasteiger partial charge in [-0.25, -0.2) is 0 Å². The molecular weight excluding hydrogens is 571 g/mol. The molecule has 10 heteroatoms. The van der Waals surface area contributed by atoms with Crippen molar-refractivity contribution in [3.05, 3.63) is 83.9 Å². The van der Waals surface area contributed by atoms with Gasteiger partial charge < -0.3 is 20.1 Å². The molecule has 1 aliphatic heterocycles. The molecule has 2 N–H and O–H groups in total. The summed E-state index contributed by atoms with van der Waals surface area (Å²) in [4.78, 5) is 29.4. The Morgan fingerprint density at radius 2 is 1.77 bits per heavy atom. The molecular formula is C34H40F3N3O4. The first kappa shape index (κ1) is 33.0. The Bertz CT molecular complexity index is 1400. The van der Waals surface area contributed by atoms with E-state index in [9.17, 15) is 27.9 Å². The number of nitrogens with one attached hydrogen (secondary N) is 1. The highest BCUT2D eigenvalue weighted by molar-refractivity contribution is 5.91. The maximum absolute atomic E-state index is 13.4. The quantitative estimate of drug-likeness (QED) is 0.298. The van der Waals surface area contributed by atoms with Crippen molar-refractivity contribution in [3.63, 3.8) is 0 Å². The van der Waals surface area contributed by atoms with Crippen molar-refractivity contribution in [3.8, 4) is 16.9 Å². The number of anilines is 1. The molecule has 1 aliphatic rings. The summed E-state index contributed by atoms with van der Waals surface area (Å²) in [5.74, 6) is -0.597. The lowest BCUT2D eigenvalue weighted by molar-refractivity contribution is -0.142. The van der Waals surface area contributed by atoms with Crippen molar-refractivity contribution in [1.29, 1.82) is 0 Å². The van der Waals surface area contributed by atoms with Crippen LogP contribution in [0.25, 0.3) is 11.1 Å². The van der Waals surface area contributed by atoms with E-state index in [1.54, 1.807) is 30.0 Å². The summed E-state index contributed by atoms with van der Waals surface area (Å²) in [6.07, 6.45) is -6.72. The largest absolute Gasteiger partial charge is 0.488 e. The van der Waals surface area contributed by atoms with E-state index in [0.717, 1.165) is 16.7 Å². The molecule has 7 nitrogen and oxygen atoms in total. The fraction of sp³-hybridized carbons (Fsp3) is 0.412. The molecule has 0 unspecified atom stereocenters. The van der Waals surface area contributed by atoms with Crippen molar-refractivity contribution in [2.75, 3.05) is 32.1 Å². The first-order chi connectivity index (χ1) is 20.9. The molecule has 0 saturated carbocycles. The minimum absolute atomic E-state index is 0.0466. The molecule has 236 valence electrons. The minimum atomic E-state index is -4.43. The summed E-state index contributed by atoms with van der Waals surface area (Å²) in [5.41, 5.74) is 4.23. The molecule has 3 aromatic rings. The number of rotatable bonds is 10. The number of carbonyl (C=O) groups excluding carboxylic acids is 2. The molecule has 1 heterocycles. The van der Waals surface area contributed by atoms with Gasteiger partial charge >= 0.3 is 6.18 Å². The van der Waals surface area contributed by atoms with E-state index in [2.05, 4.69) is 46.6 Å². The van der Waals surface area contributed by atoms with Crippen molar-refractivity contribution in [1.82, 2.24) is 9.80 Å². The second kappa shape index (κ2) is 14.7. The van der Waals surface area contributed by atoms with Crippen LogP contribution < -0.4 is 10.1 Å². The van der Waals surface area contributed by atoms with Crippen LogP contribution >= 0.6 is 0 Å². The van der Waals surface area contributed by atoms with E-state index in [-0.39, 0.29) is 36.6 Å². The maximum atomic E-state index is 13.4. The topological polar surface area (TPSA) is 82.1 Å². The van der Waals surface area contributed by atoms with Gasteiger partial charge in [-0.2, -0.15) is 13.2 Å². The third kappa shape index (κ3) is 9.30. The van der Waals surface area contributed by atoms with Crippen LogP contribution in [-0.4, -0.2) is 71.8 Å². The molecule has 0 radical (unpaired) electrons. The third-order valence-corrected chi connectivity index (χ3v) is 7.84. The summed E-state index contributed by atoms with van der Waals surface area (Å²) in [6, 6.07) is 23.0. The average molecular weight is 612 g/mol. The van der Waals surface area contributed by atoms with Gasteiger partial charge in [0.1, 0.15) is 11.9 Å². The van der Waals surface area contributed by atoms with Gasteiger partial charge in [-0.3, -0.25) is 14.5 Å². The van der Waals surface area contributed by atoms with Crippen molar-refractivity contribution in [2.24, 2.45) is 5.92 Å². The molecule has 0 aliphatic carbocycles. The normalized spacial score (nSPS) is 18.1. The predicted molar refractivity (Wildman–Crippen MR) is 164 cm³/mol. The molecule has 4 rings (SSSR count). The number of benzene rings is 3. The van der Waals surface area contributed by atoms with Gasteiger partial charge in [0, 0.05) is 43.2 Å². The first-order valence-electron chi connectivity index (χ1n) is 14.8. The second-order valence-corrected chi connectivity index (χ2v) is 11.6. The van der Waals surface area contributed by atoms with Gasteiger partial charge in [-0.15, -0.1) is 0 Å². The van der Waals surface area contributed by atoms with Crippen molar-refractivity contribution in [2.45, 2.75) is 58.0 Å². The van der Waals surface area contributed by atoms with Crippen LogP contribution in [0.1, 0.15) is 37.8 Å². The SMILES string of the molecule is C[C@H]1CN([C@@H](C)CO)C(=O)Cc2cc(NC(=O)CCC(F)(F)F)ccc2O[C@H]1CN(C)Cc1ccc(-c2ccccc2)cc1. The highest BCUT2D eigenvalue weighted by Crippen LogP contribution is 2.30. The van der Waals surface area contributed by atoms with Crippen molar-refractivity contribution >= 4 is 17.5 Å². The summed E-state index contributed by atoms with van der Waals surface area (Å²) in [7, 11) is 2.01. The van der Waals surface area contributed by atoms with Crippen LogP contribution in [0.2, 0.25) is 0 Å². The predicted octanol–water partition coefficient (Wildman–Crippen LogP) is 5.92. The van der Waals surface area contributed by atoms with E-state index in [1.165, 1.54) is 0 Å². The standard InChI is InChI=1S/C34H40F3N3O4/c1-23-19-40(24(2)22-41)33(43)18-28-17-29(38-32(42)15-16-34(35,36)37)13-14-30(28)44-31(23)21-39(3)20-25-9-11-27(12-10-25)26-7-5-4-6-8-26/h4-14,17,23-24,31,41H,15-16,18-22H2,1-3H3,(H,38,42)/t23-,24-,31-/m0/s1. The number of hydrogen-bond acceptors (Lipinski definition) is 5. The van der Waals surface area contributed by atoms with E-state index in [4.69, 9.17) is 4.74 Å². The van der Waals surface area contributed by atoms with Crippen LogP contribution in [0.3, 0.4) is 0 Å². The van der Waals surface area contributed by atoms with E-state index in [0.29, 0.717) is 30.9 Å². The fourth-order valence-corrected chi connectivity index (χ4v) is 5.32. The van der Waals surface area contributed by atoms with E-state index < -0.39 is 31.0 Å². The zero-order valence-electron chi connectivity index (χ0n) is 25.3. The number of aliphatic hydroxyl groups excluding tert-OH is 1. The van der Waals surface area contributed by atoms with Crippen LogP contribution in [0.15, 0.2) is 72.8 Å². The Hall–Kier alpha value is -3.89. The van der Waals surface area contributed by atoms with Gasteiger partial charge in [0.2, 0.25) is 11.8 Å². The van der Waals surface area contributed by atoms with Crippen LogP contribution in [0.4, 0.5) is 18.9 Å². The number of nitrogens with zero attached hydrogens (tertiary/aromatic N) is 2. The lowest BCUT2D eigenvalue weighted by atomic mass is 10.0. The molecule has 0 spiro atoms. The van der Waals surface area contributed by atoms with Gasteiger partial charge in [0.15, 0.2) is 0 Å². The Labute approximate surface area is 256 Å². The monoisotopic (exact) mass is 611 g/mol. The number of ether oxygens (including phenoxy) is 1. The fourth-order valence-electron chi connectivity index (χ4n) is 5.32. The number of aliphatic hydroxyl groups is 1. The Kier molecular flexibility index (Phi) is 11.0. The van der Waals surface area contributed by atoms with Crippen LogP contribution in [0, 0.1) is 5.92 Å². The first-order valence-corrected chi connectivity index (χ1v) is 14.8. The number of amides is 2. The van der Waals surface area contributed by atoms with Crippen LogP contribution in [0.5, 0.6) is 5.75 Å². The second-order valence-electron chi connectivity index (χ2n) is 11.6. The summed E-state index contributed by atoms with van der Waals surface area (Å²) >= 11 is 0. The molecule has 0 fully saturated rings. The smallest absolute Gasteiger partial charge is 0.389 e. The molecule has 3 atom stereocenters. The lowest BCUT2D eigenvalue weighted by Crippen LogP contribution is -2.47. The number of alkyl halides is 3. The molecule has 44 heavy (non-hydrogen) atoms. The maximum Gasteiger partial charge on any atom is 0.389 e.